The van der Waals surface area contributed by atoms with Gasteiger partial charge in [0.25, 0.3) is 0 Å². The van der Waals surface area contributed by atoms with Gasteiger partial charge in [-0.25, -0.2) is 4.39 Å². The van der Waals surface area contributed by atoms with Gasteiger partial charge in [0.05, 0.1) is 0 Å². The third-order valence-corrected chi connectivity index (χ3v) is 3.29. The molecule has 3 rings (SSSR count). The molecule has 1 nitrogen and oxygen atoms in total. The van der Waals surface area contributed by atoms with E-state index in [9.17, 15) is 4.39 Å². The molecular formula is C14H11FNPt-. The van der Waals surface area contributed by atoms with Gasteiger partial charge in [-0.1, -0.05) is 31.0 Å². The summed E-state index contributed by atoms with van der Waals surface area (Å²) in [7, 11) is 0. The number of aromatic nitrogens is 1. The van der Waals surface area contributed by atoms with Gasteiger partial charge in [-0.2, -0.15) is 0 Å². The monoisotopic (exact) mass is 407 g/mol. The molecule has 1 aliphatic carbocycles. The van der Waals surface area contributed by atoms with Crippen LogP contribution in [0.4, 0.5) is 4.39 Å². The van der Waals surface area contributed by atoms with E-state index in [0.717, 1.165) is 16.8 Å². The first kappa shape index (κ1) is 12.4. The maximum absolute atomic E-state index is 13.9. The van der Waals surface area contributed by atoms with E-state index in [1.807, 2.05) is 26.0 Å². The summed E-state index contributed by atoms with van der Waals surface area (Å²) in [5.74, 6) is -0.170. The Morgan fingerprint density at radius 1 is 1.29 bits per heavy atom. The van der Waals surface area contributed by atoms with E-state index in [0.29, 0.717) is 5.56 Å². The Balaban J connectivity index is 0.00000108. The number of nitrogens with zero attached hydrogens (tertiary/aromatic N) is 1. The van der Waals surface area contributed by atoms with Gasteiger partial charge in [0.2, 0.25) is 0 Å². The van der Waals surface area contributed by atoms with Gasteiger partial charge >= 0.3 is 0 Å². The molecule has 0 amide bonds. The Morgan fingerprint density at radius 2 is 2.06 bits per heavy atom. The number of fused-ring (bicyclic) bond motifs is 3. The van der Waals surface area contributed by atoms with Crippen molar-refractivity contribution in [2.75, 3.05) is 0 Å². The van der Waals surface area contributed by atoms with Crippen LogP contribution in [0.5, 0.6) is 0 Å². The standard InChI is InChI=1S/C14H11FN.Pt/c1-14(2)10-6-4-8-16-13(10)9-5-3-7-11(15)12(9)14;/h3-4,6-8H,1-2H3;/q-1;. The molecule has 1 aromatic heterocycles. The quantitative estimate of drug-likeness (QED) is 0.611. The minimum Gasteiger partial charge on any atom is -0.304 e. The molecule has 0 bridgehead atoms. The van der Waals surface area contributed by atoms with Gasteiger partial charge in [0, 0.05) is 33.1 Å². The Hall–Kier alpha value is -1.01. The van der Waals surface area contributed by atoms with Crippen molar-refractivity contribution in [3.63, 3.8) is 0 Å². The topological polar surface area (TPSA) is 12.9 Å². The molecule has 0 unspecified atom stereocenters. The molecule has 90 valence electrons. The molecule has 1 heterocycles. The van der Waals surface area contributed by atoms with Crippen molar-refractivity contribution >= 4 is 0 Å². The zero-order valence-electron chi connectivity index (χ0n) is 9.53. The average molecular weight is 407 g/mol. The van der Waals surface area contributed by atoms with Crippen LogP contribution in [0.15, 0.2) is 30.5 Å². The minimum atomic E-state index is -0.319. The molecular weight excluding hydrogens is 396 g/mol. The number of pyridine rings is 1. The van der Waals surface area contributed by atoms with Crippen LogP contribution in [0.2, 0.25) is 0 Å². The molecule has 1 aliphatic rings. The molecule has 2 aromatic rings. The van der Waals surface area contributed by atoms with E-state index in [4.69, 9.17) is 0 Å². The normalized spacial score (nSPS) is 14.8. The number of benzene rings is 1. The molecule has 0 radical (unpaired) electrons. The van der Waals surface area contributed by atoms with Crippen LogP contribution in [0.3, 0.4) is 0 Å². The Morgan fingerprint density at radius 3 is 2.82 bits per heavy atom. The first-order chi connectivity index (χ1) is 7.62. The summed E-state index contributed by atoms with van der Waals surface area (Å²) in [6.07, 6.45) is 1.74. The van der Waals surface area contributed by atoms with Crippen molar-refractivity contribution in [2.24, 2.45) is 0 Å². The fourth-order valence-electron chi connectivity index (χ4n) is 2.51. The molecule has 0 saturated heterocycles. The average Bonchev–Trinajstić information content (AvgIpc) is 2.50. The maximum Gasteiger partial charge on any atom is 0.0458 e. The van der Waals surface area contributed by atoms with E-state index in [1.54, 1.807) is 12.3 Å². The molecule has 0 atom stereocenters. The summed E-state index contributed by atoms with van der Waals surface area (Å²) in [5, 5.41) is 0. The van der Waals surface area contributed by atoms with E-state index >= 15 is 0 Å². The van der Waals surface area contributed by atoms with E-state index in [1.165, 1.54) is 6.07 Å². The molecule has 0 saturated carbocycles. The first-order valence-electron chi connectivity index (χ1n) is 5.29. The maximum atomic E-state index is 13.9. The van der Waals surface area contributed by atoms with Gasteiger partial charge in [-0.15, -0.1) is 23.8 Å². The SMILES string of the molecule is CC1(C)c2cccnc2-c2[c-]ccc(F)c21.[Pt]. The third kappa shape index (κ3) is 1.58. The molecule has 3 heteroatoms. The van der Waals surface area contributed by atoms with Crippen molar-refractivity contribution in [3.8, 4) is 11.3 Å². The van der Waals surface area contributed by atoms with Crippen LogP contribution in [0.25, 0.3) is 11.3 Å². The van der Waals surface area contributed by atoms with Crippen molar-refractivity contribution in [1.82, 2.24) is 4.98 Å². The zero-order chi connectivity index (χ0) is 11.3. The third-order valence-electron chi connectivity index (χ3n) is 3.29. The van der Waals surface area contributed by atoms with Crippen molar-refractivity contribution in [2.45, 2.75) is 19.3 Å². The summed E-state index contributed by atoms with van der Waals surface area (Å²) in [4.78, 5) is 4.34. The molecule has 0 spiro atoms. The molecule has 1 aromatic carbocycles. The predicted octanol–water partition coefficient (Wildman–Crippen LogP) is 3.32. The van der Waals surface area contributed by atoms with Crippen LogP contribution in [-0.2, 0) is 26.5 Å². The second kappa shape index (κ2) is 4.03. The van der Waals surface area contributed by atoms with Gasteiger partial charge in [0.15, 0.2) is 0 Å². The van der Waals surface area contributed by atoms with Crippen molar-refractivity contribution < 1.29 is 25.5 Å². The summed E-state index contributed by atoms with van der Waals surface area (Å²) in [6.45, 7) is 4.05. The molecule has 0 N–H and O–H groups in total. The molecule has 0 aliphatic heterocycles. The molecule has 17 heavy (non-hydrogen) atoms. The van der Waals surface area contributed by atoms with Crippen molar-refractivity contribution in [1.29, 1.82) is 0 Å². The van der Waals surface area contributed by atoms with Crippen molar-refractivity contribution in [3.05, 3.63) is 53.5 Å². The van der Waals surface area contributed by atoms with E-state index in [-0.39, 0.29) is 32.3 Å². The van der Waals surface area contributed by atoms with Crippen LogP contribution in [0.1, 0.15) is 25.0 Å². The number of halogens is 1. The van der Waals surface area contributed by atoms with Gasteiger partial charge in [0.1, 0.15) is 0 Å². The summed E-state index contributed by atoms with van der Waals surface area (Å²) < 4.78 is 13.9. The van der Waals surface area contributed by atoms with Gasteiger partial charge in [-0.3, -0.25) is 0 Å². The molecule has 0 fully saturated rings. The Kier molecular flexibility index (Phi) is 2.95. The smallest absolute Gasteiger partial charge is 0.0458 e. The van der Waals surface area contributed by atoms with Crippen LogP contribution >= 0.6 is 0 Å². The summed E-state index contributed by atoms with van der Waals surface area (Å²) >= 11 is 0. The summed E-state index contributed by atoms with van der Waals surface area (Å²) in [6, 6.07) is 10.1. The Bertz CT molecular complexity index is 578. The number of hydrogen-bond donors (Lipinski definition) is 0. The fraction of sp³-hybridized carbons (Fsp3) is 0.214. The zero-order valence-corrected chi connectivity index (χ0v) is 11.8. The minimum absolute atomic E-state index is 0. The predicted molar refractivity (Wildman–Crippen MR) is 60.6 cm³/mol. The van der Waals surface area contributed by atoms with Crippen LogP contribution in [-0.4, -0.2) is 4.98 Å². The first-order valence-corrected chi connectivity index (χ1v) is 5.29. The van der Waals surface area contributed by atoms with Crippen LogP contribution in [0, 0.1) is 11.9 Å². The van der Waals surface area contributed by atoms with E-state index < -0.39 is 0 Å². The van der Waals surface area contributed by atoms with E-state index in [2.05, 4.69) is 11.1 Å². The second-order valence-corrected chi connectivity index (χ2v) is 4.60. The largest absolute Gasteiger partial charge is 0.304 e. The summed E-state index contributed by atoms with van der Waals surface area (Å²) in [5.41, 5.74) is 3.14. The second-order valence-electron chi connectivity index (χ2n) is 4.60. The Labute approximate surface area is 114 Å². The number of hydrogen-bond acceptors (Lipinski definition) is 1. The number of rotatable bonds is 0. The van der Waals surface area contributed by atoms with Crippen LogP contribution < -0.4 is 0 Å². The van der Waals surface area contributed by atoms with Gasteiger partial charge < -0.3 is 4.98 Å². The fourth-order valence-corrected chi connectivity index (χ4v) is 2.51. The van der Waals surface area contributed by atoms with Gasteiger partial charge in [-0.05, 0) is 17.2 Å².